The summed E-state index contributed by atoms with van der Waals surface area (Å²) in [5.41, 5.74) is 2.12. The summed E-state index contributed by atoms with van der Waals surface area (Å²) in [5.74, 6) is -0.0948. The van der Waals surface area contributed by atoms with Gasteiger partial charge in [0.25, 0.3) is 11.5 Å². The van der Waals surface area contributed by atoms with E-state index in [4.69, 9.17) is 16.9 Å². The highest BCUT2D eigenvalue weighted by molar-refractivity contribution is 6.30. The third-order valence-electron chi connectivity index (χ3n) is 3.75. The van der Waals surface area contributed by atoms with Crippen molar-refractivity contribution in [3.63, 3.8) is 0 Å². The van der Waals surface area contributed by atoms with Crippen LogP contribution in [0.25, 0.3) is 0 Å². The summed E-state index contributed by atoms with van der Waals surface area (Å²) in [4.78, 5) is 27.7. The van der Waals surface area contributed by atoms with E-state index in [0.29, 0.717) is 22.8 Å². The van der Waals surface area contributed by atoms with Gasteiger partial charge in [-0.1, -0.05) is 17.7 Å². The summed E-state index contributed by atoms with van der Waals surface area (Å²) in [6.45, 7) is 0. The molecule has 7 nitrogen and oxygen atoms in total. The summed E-state index contributed by atoms with van der Waals surface area (Å²) in [6, 6.07) is 13.4. The number of carbonyl (C=O) groups excluding carboxylic acids is 1. The van der Waals surface area contributed by atoms with Gasteiger partial charge in [0.1, 0.15) is 11.5 Å². The van der Waals surface area contributed by atoms with Crippen molar-refractivity contribution in [2.24, 2.45) is 7.05 Å². The van der Waals surface area contributed by atoms with Crippen LogP contribution >= 0.6 is 11.6 Å². The number of anilines is 1. The first kappa shape index (κ1) is 18.3. The molecule has 0 aliphatic carbocycles. The van der Waals surface area contributed by atoms with Crippen molar-refractivity contribution in [3.05, 3.63) is 86.4 Å². The second-order valence-corrected chi connectivity index (χ2v) is 6.26. The smallest absolute Gasteiger partial charge is 0.277 e. The number of rotatable bonds is 4. The summed E-state index contributed by atoms with van der Waals surface area (Å²) < 4.78 is 1.09. The van der Waals surface area contributed by atoms with Gasteiger partial charge in [0.05, 0.1) is 11.6 Å². The molecule has 27 heavy (non-hydrogen) atoms. The first-order valence-corrected chi connectivity index (χ1v) is 8.32. The summed E-state index contributed by atoms with van der Waals surface area (Å²) in [5, 5.41) is 16.0. The van der Waals surface area contributed by atoms with E-state index in [2.05, 4.69) is 21.5 Å². The first-order valence-electron chi connectivity index (χ1n) is 7.95. The summed E-state index contributed by atoms with van der Waals surface area (Å²) in [7, 11) is 1.47. The average Bonchev–Trinajstić information content (AvgIpc) is 2.65. The fourth-order valence-electron chi connectivity index (χ4n) is 2.46. The molecule has 0 unspecified atom stereocenters. The number of pyridine rings is 1. The zero-order valence-corrected chi connectivity index (χ0v) is 15.1. The van der Waals surface area contributed by atoms with Crippen molar-refractivity contribution in [2.45, 2.75) is 6.42 Å². The second kappa shape index (κ2) is 7.81. The highest BCUT2D eigenvalue weighted by atomic mass is 35.5. The fourth-order valence-corrected chi connectivity index (χ4v) is 2.72. The maximum absolute atomic E-state index is 12.2. The van der Waals surface area contributed by atoms with Gasteiger partial charge in [-0.15, -0.1) is 0 Å². The highest BCUT2D eigenvalue weighted by Gasteiger charge is 2.10. The Morgan fingerprint density at radius 3 is 2.70 bits per heavy atom. The van der Waals surface area contributed by atoms with Crippen molar-refractivity contribution >= 4 is 23.3 Å². The predicted octanol–water partition coefficient (Wildman–Crippen LogP) is 2.54. The molecule has 0 saturated heterocycles. The van der Waals surface area contributed by atoms with Crippen molar-refractivity contribution < 1.29 is 4.79 Å². The number of hydrogen-bond acceptors (Lipinski definition) is 5. The Kier molecular flexibility index (Phi) is 5.29. The lowest BCUT2D eigenvalue weighted by molar-refractivity contribution is 0.101. The number of amides is 1. The van der Waals surface area contributed by atoms with Crippen molar-refractivity contribution in [1.29, 1.82) is 5.26 Å². The van der Waals surface area contributed by atoms with Crippen LogP contribution in [0.1, 0.15) is 27.2 Å². The van der Waals surface area contributed by atoms with Crippen molar-refractivity contribution in [2.75, 3.05) is 5.32 Å². The van der Waals surface area contributed by atoms with Crippen LogP contribution in [-0.2, 0) is 13.5 Å². The van der Waals surface area contributed by atoms with Gasteiger partial charge in [0.15, 0.2) is 0 Å². The van der Waals surface area contributed by atoms with E-state index in [1.54, 1.807) is 30.5 Å². The molecular formula is C19H14ClN5O2. The highest BCUT2D eigenvalue weighted by Crippen LogP contribution is 2.18. The standard InChI is InChI=1S/C19H14ClN5O2/c1-25-18(26)5-3-16(24-25)19(27)23-17-4-2-12(11-22-17)6-13-7-14(10-21)9-15(20)8-13/h2-5,7-9,11H,6H2,1H3,(H,22,23,27). The Morgan fingerprint density at radius 1 is 1.22 bits per heavy atom. The first-order chi connectivity index (χ1) is 12.9. The van der Waals surface area contributed by atoms with Gasteiger partial charge in [-0.25, -0.2) is 9.67 Å². The molecule has 0 fully saturated rings. The molecule has 2 heterocycles. The number of hydrogen-bond donors (Lipinski definition) is 1. The molecule has 134 valence electrons. The number of aryl methyl sites for hydroxylation is 1. The maximum atomic E-state index is 12.2. The Balaban J connectivity index is 1.71. The number of nitrogens with zero attached hydrogens (tertiary/aromatic N) is 4. The molecule has 1 aromatic carbocycles. The molecule has 2 aromatic heterocycles. The molecule has 0 spiro atoms. The van der Waals surface area contributed by atoms with Gasteiger partial charge < -0.3 is 5.32 Å². The topological polar surface area (TPSA) is 101 Å². The summed E-state index contributed by atoms with van der Waals surface area (Å²) >= 11 is 6.02. The maximum Gasteiger partial charge on any atom is 0.277 e. The number of nitrogens with one attached hydrogen (secondary N) is 1. The van der Waals surface area contributed by atoms with Crippen LogP contribution in [-0.4, -0.2) is 20.7 Å². The molecule has 3 rings (SSSR count). The Labute approximate surface area is 159 Å². The molecule has 0 aliphatic heterocycles. The van der Waals surface area contributed by atoms with E-state index in [1.165, 1.54) is 19.2 Å². The lowest BCUT2D eigenvalue weighted by Gasteiger charge is -2.07. The molecule has 1 N–H and O–H groups in total. The van der Waals surface area contributed by atoms with Gasteiger partial charge >= 0.3 is 0 Å². The van der Waals surface area contributed by atoms with Crippen molar-refractivity contribution in [3.8, 4) is 6.07 Å². The van der Waals surface area contributed by atoms with Gasteiger partial charge in [-0.2, -0.15) is 10.4 Å². The Bertz CT molecular complexity index is 1100. The number of nitriles is 1. The molecule has 3 aromatic rings. The van der Waals surface area contributed by atoms with E-state index in [1.807, 2.05) is 6.07 Å². The molecule has 0 aliphatic rings. The number of benzene rings is 1. The van der Waals surface area contributed by atoms with Crippen LogP contribution in [0.5, 0.6) is 0 Å². The third kappa shape index (κ3) is 4.57. The zero-order chi connectivity index (χ0) is 19.4. The monoisotopic (exact) mass is 379 g/mol. The normalized spacial score (nSPS) is 10.3. The van der Waals surface area contributed by atoms with E-state index >= 15 is 0 Å². The predicted molar refractivity (Wildman–Crippen MR) is 101 cm³/mol. The minimum atomic E-state index is -0.459. The molecule has 0 atom stereocenters. The Morgan fingerprint density at radius 2 is 2.04 bits per heavy atom. The fraction of sp³-hybridized carbons (Fsp3) is 0.105. The van der Waals surface area contributed by atoms with Crippen molar-refractivity contribution in [1.82, 2.24) is 14.8 Å². The van der Waals surface area contributed by atoms with Crippen LogP contribution in [0.4, 0.5) is 5.82 Å². The van der Waals surface area contributed by atoms with Crippen LogP contribution in [0.3, 0.4) is 0 Å². The second-order valence-electron chi connectivity index (χ2n) is 5.82. The number of aromatic nitrogens is 3. The number of halogens is 1. The lowest BCUT2D eigenvalue weighted by atomic mass is 10.0. The van der Waals surface area contributed by atoms with E-state index in [9.17, 15) is 9.59 Å². The van der Waals surface area contributed by atoms with Crippen LogP contribution in [0, 0.1) is 11.3 Å². The third-order valence-corrected chi connectivity index (χ3v) is 3.97. The average molecular weight is 380 g/mol. The van der Waals surface area contributed by atoms with Crippen LogP contribution < -0.4 is 10.9 Å². The largest absolute Gasteiger partial charge is 0.305 e. The number of carbonyl (C=O) groups is 1. The van der Waals surface area contributed by atoms with E-state index in [0.717, 1.165) is 15.8 Å². The van der Waals surface area contributed by atoms with Gasteiger partial charge in [-0.05, 0) is 47.9 Å². The van der Waals surface area contributed by atoms with E-state index < -0.39 is 5.91 Å². The molecule has 0 bridgehead atoms. The zero-order valence-electron chi connectivity index (χ0n) is 14.3. The van der Waals surface area contributed by atoms with Crippen LogP contribution in [0.15, 0.2) is 53.5 Å². The summed E-state index contributed by atoms with van der Waals surface area (Å²) in [6.07, 6.45) is 2.19. The van der Waals surface area contributed by atoms with Gasteiger partial charge in [0, 0.05) is 24.3 Å². The lowest BCUT2D eigenvalue weighted by Crippen LogP contribution is -2.23. The van der Waals surface area contributed by atoms with Gasteiger partial charge in [0.2, 0.25) is 0 Å². The molecule has 0 radical (unpaired) electrons. The minimum Gasteiger partial charge on any atom is -0.305 e. The Hall–Kier alpha value is -3.50. The molecule has 1 amide bonds. The van der Waals surface area contributed by atoms with Gasteiger partial charge in [-0.3, -0.25) is 9.59 Å². The quantitative estimate of drug-likeness (QED) is 0.750. The van der Waals surface area contributed by atoms with E-state index in [-0.39, 0.29) is 11.3 Å². The molecule has 8 heteroatoms. The van der Waals surface area contributed by atoms with Crippen LogP contribution in [0.2, 0.25) is 5.02 Å². The minimum absolute atomic E-state index is 0.117. The molecular weight excluding hydrogens is 366 g/mol. The molecule has 0 saturated carbocycles. The SMILES string of the molecule is Cn1nc(C(=O)Nc2ccc(Cc3cc(Cl)cc(C#N)c3)cn2)ccc1=O.